The van der Waals surface area contributed by atoms with E-state index in [1.54, 1.807) is 0 Å². The van der Waals surface area contributed by atoms with Gasteiger partial charge in [-0.15, -0.1) is 0 Å². The van der Waals surface area contributed by atoms with Gasteiger partial charge in [-0.3, -0.25) is 4.79 Å². The number of hydrogen-bond donors (Lipinski definition) is 1. The molecule has 0 saturated heterocycles. The van der Waals surface area contributed by atoms with Crippen LogP contribution in [-0.4, -0.2) is 22.2 Å². The minimum absolute atomic E-state index is 0.0236. The third-order valence-corrected chi connectivity index (χ3v) is 3.57. The van der Waals surface area contributed by atoms with Gasteiger partial charge in [0.2, 0.25) is 0 Å². The molecule has 1 aromatic carbocycles. The van der Waals surface area contributed by atoms with Crippen LogP contribution in [0.1, 0.15) is 48.1 Å². The van der Waals surface area contributed by atoms with Crippen molar-refractivity contribution >= 4 is 5.91 Å². The van der Waals surface area contributed by atoms with E-state index in [9.17, 15) is 4.79 Å². The quantitative estimate of drug-likeness (QED) is 0.917. The molecular weight excluding hydrogens is 262 g/mol. The van der Waals surface area contributed by atoms with Gasteiger partial charge in [-0.2, -0.15) is 5.10 Å². The summed E-state index contributed by atoms with van der Waals surface area (Å²) in [4.78, 5) is 12.3. The second-order valence-electron chi connectivity index (χ2n) is 5.08. The Kier molecular flexibility index (Phi) is 4.78. The highest BCUT2D eigenvalue weighted by Gasteiger charge is 2.21. The van der Waals surface area contributed by atoms with Crippen molar-refractivity contribution in [2.75, 3.05) is 6.54 Å². The van der Waals surface area contributed by atoms with E-state index in [1.807, 2.05) is 30.7 Å². The first-order chi connectivity index (χ1) is 10.1. The molecule has 0 aliphatic rings. The maximum absolute atomic E-state index is 12.3. The van der Waals surface area contributed by atoms with Crippen LogP contribution in [0.2, 0.25) is 0 Å². The average Bonchev–Trinajstić information content (AvgIpc) is 2.86. The lowest BCUT2D eigenvalue weighted by Crippen LogP contribution is -2.24. The predicted octanol–water partition coefficient (Wildman–Crippen LogP) is 3.06. The number of carbonyl (C=O) groups excluding carboxylic acids is 1. The van der Waals surface area contributed by atoms with Gasteiger partial charge in [0, 0.05) is 6.54 Å². The molecule has 21 heavy (non-hydrogen) atoms. The zero-order chi connectivity index (χ0) is 15.4. The molecule has 0 radical (unpaired) electrons. The number of rotatable bonds is 5. The molecule has 4 nitrogen and oxygen atoms in total. The normalized spacial score (nSPS) is 10.7. The van der Waals surface area contributed by atoms with E-state index < -0.39 is 0 Å². The van der Waals surface area contributed by atoms with Crippen LogP contribution in [0, 0.1) is 6.92 Å². The van der Waals surface area contributed by atoms with Gasteiger partial charge >= 0.3 is 0 Å². The highest BCUT2D eigenvalue weighted by molar-refractivity contribution is 5.96. The van der Waals surface area contributed by atoms with Crippen molar-refractivity contribution < 1.29 is 4.79 Å². The lowest BCUT2D eigenvalue weighted by molar-refractivity contribution is 0.0954. The van der Waals surface area contributed by atoms with Crippen molar-refractivity contribution in [3.05, 3.63) is 46.8 Å². The fourth-order valence-corrected chi connectivity index (χ4v) is 2.49. The molecule has 1 N–H and O–H groups in total. The Morgan fingerprint density at radius 1 is 1.14 bits per heavy atom. The van der Waals surface area contributed by atoms with E-state index in [-0.39, 0.29) is 5.91 Å². The number of nitrogens with zero attached hydrogens (tertiary/aromatic N) is 2. The lowest BCUT2D eigenvalue weighted by Gasteiger charge is -2.08. The zero-order valence-electron chi connectivity index (χ0n) is 13.2. The van der Waals surface area contributed by atoms with Gasteiger partial charge in [-0.05, 0) is 38.8 Å². The maximum atomic E-state index is 12.3. The summed E-state index contributed by atoms with van der Waals surface area (Å²) >= 11 is 0. The molecule has 2 aromatic rings. The number of carbonyl (C=O) groups is 1. The fraction of sp³-hybridized carbons (Fsp3) is 0.412. The fourth-order valence-electron chi connectivity index (χ4n) is 2.49. The molecule has 0 bridgehead atoms. The molecule has 2 rings (SSSR count). The molecule has 1 amide bonds. The van der Waals surface area contributed by atoms with Crippen molar-refractivity contribution in [2.24, 2.45) is 0 Å². The van der Waals surface area contributed by atoms with E-state index in [1.165, 1.54) is 5.56 Å². The van der Waals surface area contributed by atoms with Crippen LogP contribution in [0.3, 0.4) is 0 Å². The van der Waals surface area contributed by atoms with Gasteiger partial charge in [0.05, 0.1) is 22.6 Å². The smallest absolute Gasteiger partial charge is 0.255 e. The number of hydrogen-bond acceptors (Lipinski definition) is 2. The van der Waals surface area contributed by atoms with Gasteiger partial charge in [-0.1, -0.05) is 31.5 Å². The number of benzene rings is 1. The summed E-state index contributed by atoms with van der Waals surface area (Å²) in [5.74, 6) is -0.0236. The highest BCUT2D eigenvalue weighted by atomic mass is 16.1. The standard InChI is InChI=1S/C17H23N3O/c1-5-14-16(17(21)18-7-3)15(6-2)20(19-14)13-10-8-12(4)9-11-13/h8-11H,5-7H2,1-4H3,(H,18,21). The van der Waals surface area contributed by atoms with Crippen molar-refractivity contribution in [1.82, 2.24) is 15.1 Å². The topological polar surface area (TPSA) is 46.9 Å². The summed E-state index contributed by atoms with van der Waals surface area (Å²) < 4.78 is 1.91. The van der Waals surface area contributed by atoms with Crippen molar-refractivity contribution in [2.45, 2.75) is 40.5 Å². The number of nitrogens with one attached hydrogen (secondary N) is 1. The number of amides is 1. The number of aromatic nitrogens is 2. The number of aryl methyl sites for hydroxylation is 2. The maximum Gasteiger partial charge on any atom is 0.255 e. The first kappa shape index (κ1) is 15.3. The zero-order valence-corrected chi connectivity index (χ0v) is 13.2. The van der Waals surface area contributed by atoms with E-state index in [0.717, 1.165) is 35.5 Å². The molecule has 0 aliphatic carbocycles. The Balaban J connectivity index is 2.57. The van der Waals surface area contributed by atoms with Crippen LogP contribution in [0.4, 0.5) is 0 Å². The highest BCUT2D eigenvalue weighted by Crippen LogP contribution is 2.20. The van der Waals surface area contributed by atoms with E-state index in [0.29, 0.717) is 6.54 Å². The molecule has 0 fully saturated rings. The van der Waals surface area contributed by atoms with Gasteiger partial charge in [0.1, 0.15) is 0 Å². The molecular formula is C17H23N3O. The minimum Gasteiger partial charge on any atom is -0.352 e. The Bertz CT molecular complexity index is 626. The van der Waals surface area contributed by atoms with Gasteiger partial charge in [0.25, 0.3) is 5.91 Å². The monoisotopic (exact) mass is 285 g/mol. The van der Waals surface area contributed by atoms with Gasteiger partial charge < -0.3 is 5.32 Å². The predicted molar refractivity (Wildman–Crippen MR) is 85.1 cm³/mol. The molecule has 4 heteroatoms. The molecule has 0 spiro atoms. The first-order valence-electron chi connectivity index (χ1n) is 7.58. The summed E-state index contributed by atoms with van der Waals surface area (Å²) in [7, 11) is 0. The second kappa shape index (κ2) is 6.57. The summed E-state index contributed by atoms with van der Waals surface area (Å²) in [5.41, 5.74) is 4.79. The Labute approximate surface area is 126 Å². The molecule has 0 saturated carbocycles. The largest absolute Gasteiger partial charge is 0.352 e. The molecule has 112 valence electrons. The molecule has 1 aromatic heterocycles. The minimum atomic E-state index is -0.0236. The van der Waals surface area contributed by atoms with Crippen molar-refractivity contribution in [3.63, 3.8) is 0 Å². The Morgan fingerprint density at radius 2 is 1.81 bits per heavy atom. The van der Waals surface area contributed by atoms with Crippen LogP contribution in [-0.2, 0) is 12.8 Å². The van der Waals surface area contributed by atoms with E-state index in [2.05, 4.69) is 36.4 Å². The summed E-state index contributed by atoms with van der Waals surface area (Å²) in [5, 5.41) is 7.55. The van der Waals surface area contributed by atoms with E-state index in [4.69, 9.17) is 0 Å². The first-order valence-corrected chi connectivity index (χ1v) is 7.58. The van der Waals surface area contributed by atoms with Crippen LogP contribution in [0.15, 0.2) is 24.3 Å². The van der Waals surface area contributed by atoms with Crippen molar-refractivity contribution in [3.8, 4) is 5.69 Å². The molecule has 1 heterocycles. The third kappa shape index (κ3) is 2.99. The Hall–Kier alpha value is -2.10. The van der Waals surface area contributed by atoms with Crippen LogP contribution in [0.25, 0.3) is 5.69 Å². The second-order valence-corrected chi connectivity index (χ2v) is 5.08. The van der Waals surface area contributed by atoms with E-state index >= 15 is 0 Å². The van der Waals surface area contributed by atoms with Gasteiger partial charge in [-0.25, -0.2) is 4.68 Å². The Morgan fingerprint density at radius 3 is 2.33 bits per heavy atom. The van der Waals surface area contributed by atoms with Crippen LogP contribution < -0.4 is 5.32 Å². The SMILES string of the molecule is CCNC(=O)c1c(CC)nn(-c2ccc(C)cc2)c1CC. The average molecular weight is 285 g/mol. The third-order valence-electron chi connectivity index (χ3n) is 3.57. The summed E-state index contributed by atoms with van der Waals surface area (Å²) in [6, 6.07) is 8.21. The van der Waals surface area contributed by atoms with Crippen LogP contribution >= 0.6 is 0 Å². The van der Waals surface area contributed by atoms with Crippen molar-refractivity contribution in [1.29, 1.82) is 0 Å². The van der Waals surface area contributed by atoms with Crippen LogP contribution in [0.5, 0.6) is 0 Å². The summed E-state index contributed by atoms with van der Waals surface area (Å²) in [6.07, 6.45) is 1.52. The lowest BCUT2D eigenvalue weighted by atomic mass is 10.1. The molecule has 0 atom stereocenters. The molecule has 0 aliphatic heterocycles. The molecule has 0 unspecified atom stereocenters. The summed E-state index contributed by atoms with van der Waals surface area (Å²) in [6.45, 7) is 8.71. The van der Waals surface area contributed by atoms with Gasteiger partial charge in [0.15, 0.2) is 0 Å².